The van der Waals surface area contributed by atoms with Crippen molar-refractivity contribution in [3.8, 4) is 0 Å². The smallest absolute Gasteiger partial charge is 0.153 e. The van der Waals surface area contributed by atoms with Crippen molar-refractivity contribution in [2.75, 3.05) is 5.73 Å². The second-order valence-electron chi connectivity index (χ2n) is 4.99. The Morgan fingerprint density at radius 1 is 1.32 bits per heavy atom. The van der Waals surface area contributed by atoms with Crippen LogP contribution >= 0.6 is 0 Å². The molecule has 0 saturated heterocycles. The van der Waals surface area contributed by atoms with Gasteiger partial charge in [0.1, 0.15) is 0 Å². The number of rotatable bonds is 5. The highest BCUT2D eigenvalue weighted by Gasteiger charge is 2.15. The second kappa shape index (κ2) is 6.12. The van der Waals surface area contributed by atoms with E-state index < -0.39 is 11.2 Å². The van der Waals surface area contributed by atoms with Crippen molar-refractivity contribution in [1.29, 1.82) is 0 Å². The summed E-state index contributed by atoms with van der Waals surface area (Å²) in [6.07, 6.45) is 3.59. The fraction of sp³-hybridized carbons (Fsp3) is 0.357. The Bertz CT molecular complexity index is 522. The molecule has 0 bridgehead atoms. The first-order valence-electron chi connectivity index (χ1n) is 6.29. The van der Waals surface area contributed by atoms with E-state index in [2.05, 4.69) is 23.4 Å². The molecule has 5 heteroatoms. The molecule has 0 saturated carbocycles. The molecule has 1 atom stereocenters. The number of hydrogen-bond donors (Lipinski definition) is 1. The van der Waals surface area contributed by atoms with Crippen molar-refractivity contribution in [2.24, 2.45) is 5.92 Å². The lowest BCUT2D eigenvalue weighted by Gasteiger charge is -2.13. The van der Waals surface area contributed by atoms with Crippen LogP contribution in [0.5, 0.6) is 0 Å². The molecule has 102 valence electrons. The molecule has 1 unspecified atom stereocenters. The van der Waals surface area contributed by atoms with Crippen LogP contribution in [0.4, 0.5) is 5.69 Å². The van der Waals surface area contributed by atoms with Crippen molar-refractivity contribution in [3.63, 3.8) is 0 Å². The highest BCUT2D eigenvalue weighted by atomic mass is 32.2. The molecule has 0 aliphatic heterocycles. The molecule has 19 heavy (non-hydrogen) atoms. The van der Waals surface area contributed by atoms with Gasteiger partial charge in [-0.2, -0.15) is 0 Å². The average Bonchev–Trinajstić information content (AvgIpc) is 2.76. The zero-order valence-electron chi connectivity index (χ0n) is 11.2. The van der Waals surface area contributed by atoms with Gasteiger partial charge in [-0.1, -0.05) is 13.8 Å². The number of hydrogen-bond acceptors (Lipinski definition) is 3. The number of imidazole rings is 1. The Labute approximate surface area is 116 Å². The van der Waals surface area contributed by atoms with Crippen LogP contribution in [0.3, 0.4) is 0 Å². The van der Waals surface area contributed by atoms with Crippen LogP contribution in [-0.4, -0.2) is 14.1 Å². The standard InChI is InChI=1S/C14H19N3OS/c1-11(2)8-17-10-16-7-13(17)9-19(18)14-5-3-12(15)4-6-14/h3-7,10-11H,8-9,15H2,1-2H3. The van der Waals surface area contributed by atoms with Gasteiger partial charge in [-0.25, -0.2) is 4.98 Å². The highest BCUT2D eigenvalue weighted by molar-refractivity contribution is 7.90. The minimum atomic E-state index is -1.06. The minimum Gasteiger partial charge on any atom is -0.611 e. The first-order valence-corrected chi connectivity index (χ1v) is 7.61. The van der Waals surface area contributed by atoms with Crippen LogP contribution in [0.2, 0.25) is 0 Å². The third-order valence-electron chi connectivity index (χ3n) is 2.78. The third kappa shape index (κ3) is 3.75. The van der Waals surface area contributed by atoms with Gasteiger partial charge in [0, 0.05) is 12.2 Å². The summed E-state index contributed by atoms with van der Waals surface area (Å²) in [6, 6.07) is 7.18. The van der Waals surface area contributed by atoms with Gasteiger partial charge in [0.2, 0.25) is 0 Å². The lowest BCUT2D eigenvalue weighted by molar-refractivity contribution is 0.512. The summed E-state index contributed by atoms with van der Waals surface area (Å²) >= 11 is -1.06. The lowest BCUT2D eigenvalue weighted by atomic mass is 10.2. The van der Waals surface area contributed by atoms with Gasteiger partial charge in [-0.15, -0.1) is 0 Å². The molecule has 1 heterocycles. The van der Waals surface area contributed by atoms with Crippen LogP contribution in [0.25, 0.3) is 0 Å². The van der Waals surface area contributed by atoms with E-state index in [0.29, 0.717) is 17.4 Å². The fourth-order valence-corrected chi connectivity index (χ4v) is 2.98. The maximum atomic E-state index is 12.3. The topological polar surface area (TPSA) is 66.9 Å². The number of anilines is 1. The molecule has 4 nitrogen and oxygen atoms in total. The number of aromatic nitrogens is 2. The van der Waals surface area contributed by atoms with Gasteiger partial charge in [-0.3, -0.25) is 0 Å². The molecular weight excluding hydrogens is 258 g/mol. The molecular formula is C14H19N3OS. The highest BCUT2D eigenvalue weighted by Crippen LogP contribution is 2.18. The first kappa shape index (κ1) is 14.0. The van der Waals surface area contributed by atoms with E-state index in [1.807, 2.05) is 12.1 Å². The number of nitrogens with zero attached hydrogens (tertiary/aromatic N) is 2. The largest absolute Gasteiger partial charge is 0.611 e. The molecule has 0 aliphatic rings. The van der Waals surface area contributed by atoms with Gasteiger partial charge in [-0.05, 0) is 41.4 Å². The first-order chi connectivity index (χ1) is 9.06. The lowest BCUT2D eigenvalue weighted by Crippen LogP contribution is -2.12. The van der Waals surface area contributed by atoms with E-state index in [0.717, 1.165) is 17.1 Å². The normalized spacial score (nSPS) is 12.8. The fourth-order valence-electron chi connectivity index (χ4n) is 1.86. The quantitative estimate of drug-likeness (QED) is 0.674. The molecule has 0 fully saturated rings. The summed E-state index contributed by atoms with van der Waals surface area (Å²) in [4.78, 5) is 4.94. The Balaban J connectivity index is 2.08. The van der Waals surface area contributed by atoms with Crippen LogP contribution in [-0.2, 0) is 23.5 Å². The summed E-state index contributed by atoms with van der Waals surface area (Å²) in [6.45, 7) is 5.20. The molecule has 1 aromatic heterocycles. The predicted molar refractivity (Wildman–Crippen MR) is 78.0 cm³/mol. The average molecular weight is 277 g/mol. The summed E-state index contributed by atoms with van der Waals surface area (Å²) in [7, 11) is 0. The van der Waals surface area contributed by atoms with E-state index in [-0.39, 0.29) is 0 Å². The molecule has 1 aromatic carbocycles. The number of nitrogen functional groups attached to an aromatic ring is 1. The Hall–Kier alpha value is -1.46. The molecule has 2 rings (SSSR count). The monoisotopic (exact) mass is 277 g/mol. The van der Waals surface area contributed by atoms with E-state index in [9.17, 15) is 4.55 Å². The second-order valence-corrected chi connectivity index (χ2v) is 6.44. The van der Waals surface area contributed by atoms with E-state index in [1.165, 1.54) is 0 Å². The van der Waals surface area contributed by atoms with Crippen molar-refractivity contribution >= 4 is 16.9 Å². The third-order valence-corrected chi connectivity index (χ3v) is 4.14. The Morgan fingerprint density at radius 3 is 2.63 bits per heavy atom. The van der Waals surface area contributed by atoms with Crippen molar-refractivity contribution in [1.82, 2.24) is 9.55 Å². The number of nitrogens with two attached hydrogens (primary N) is 1. The van der Waals surface area contributed by atoms with Gasteiger partial charge < -0.3 is 14.9 Å². The van der Waals surface area contributed by atoms with Gasteiger partial charge >= 0.3 is 0 Å². The summed E-state index contributed by atoms with van der Waals surface area (Å²) < 4.78 is 14.4. The van der Waals surface area contributed by atoms with Gasteiger partial charge in [0.15, 0.2) is 10.6 Å². The zero-order chi connectivity index (χ0) is 13.8. The van der Waals surface area contributed by atoms with E-state index in [4.69, 9.17) is 5.73 Å². The van der Waals surface area contributed by atoms with E-state index >= 15 is 0 Å². The van der Waals surface area contributed by atoms with Gasteiger partial charge in [0.25, 0.3) is 0 Å². The van der Waals surface area contributed by atoms with Crippen LogP contribution in [0.15, 0.2) is 41.7 Å². The van der Waals surface area contributed by atoms with Crippen molar-refractivity contribution in [3.05, 3.63) is 42.5 Å². The zero-order valence-corrected chi connectivity index (χ0v) is 12.1. The minimum absolute atomic E-state index is 0.483. The van der Waals surface area contributed by atoms with Crippen LogP contribution in [0.1, 0.15) is 19.5 Å². The van der Waals surface area contributed by atoms with E-state index in [1.54, 1.807) is 24.7 Å². The Kier molecular flexibility index (Phi) is 4.50. The number of benzene rings is 1. The molecule has 2 aromatic rings. The summed E-state index contributed by atoms with van der Waals surface area (Å²) in [5.74, 6) is 1.02. The maximum Gasteiger partial charge on any atom is 0.153 e. The summed E-state index contributed by atoms with van der Waals surface area (Å²) in [5, 5.41) is 0. The molecule has 0 spiro atoms. The van der Waals surface area contributed by atoms with Crippen LogP contribution < -0.4 is 5.73 Å². The molecule has 0 amide bonds. The molecule has 2 N–H and O–H groups in total. The van der Waals surface area contributed by atoms with Crippen LogP contribution in [0, 0.1) is 5.92 Å². The predicted octanol–water partition coefficient (Wildman–Crippen LogP) is 2.43. The van der Waals surface area contributed by atoms with Crippen molar-refractivity contribution in [2.45, 2.75) is 31.0 Å². The Morgan fingerprint density at radius 2 is 2.00 bits per heavy atom. The SMILES string of the molecule is CC(C)Cn1cncc1C[S+]([O-])c1ccc(N)cc1. The van der Waals surface area contributed by atoms with Crippen molar-refractivity contribution < 1.29 is 4.55 Å². The maximum absolute atomic E-state index is 12.3. The summed E-state index contributed by atoms with van der Waals surface area (Å²) in [5.41, 5.74) is 7.32. The van der Waals surface area contributed by atoms with Gasteiger partial charge in [0.05, 0.1) is 18.2 Å². The molecule has 0 radical (unpaired) electrons. The molecule has 0 aliphatic carbocycles.